The quantitative estimate of drug-likeness (QED) is 0.551. The molecule has 0 amide bonds. The third-order valence-corrected chi connectivity index (χ3v) is 3.58. The Morgan fingerprint density at radius 3 is 2.42 bits per heavy atom. The summed E-state index contributed by atoms with van der Waals surface area (Å²) in [6, 6.07) is 4.53. The molecule has 1 aromatic heterocycles. The van der Waals surface area contributed by atoms with Crippen molar-refractivity contribution < 1.29 is 19.8 Å². The van der Waals surface area contributed by atoms with Crippen LogP contribution in [0.2, 0.25) is 0 Å². The highest BCUT2D eigenvalue weighted by atomic mass is 16.4. The van der Waals surface area contributed by atoms with Crippen LogP contribution in [0.25, 0.3) is 0 Å². The molecule has 1 aromatic carbocycles. The third-order valence-electron chi connectivity index (χ3n) is 3.58. The second-order valence-corrected chi connectivity index (χ2v) is 5.12. The van der Waals surface area contributed by atoms with E-state index in [2.05, 4.69) is 0 Å². The second-order valence-electron chi connectivity index (χ2n) is 5.12. The van der Waals surface area contributed by atoms with E-state index in [1.807, 2.05) is 4.98 Å². The molecular weight excluding hydrogens is 318 g/mol. The molecule has 0 aliphatic carbocycles. The lowest BCUT2D eigenvalue weighted by Crippen LogP contribution is -2.45. The van der Waals surface area contributed by atoms with Crippen LogP contribution in [0, 0.1) is 0 Å². The molecule has 0 fully saturated rings. The minimum absolute atomic E-state index is 0.0161. The molecule has 0 radical (unpaired) electrons. The van der Waals surface area contributed by atoms with Gasteiger partial charge in [-0.15, -0.1) is 0 Å². The Morgan fingerprint density at radius 2 is 1.83 bits per heavy atom. The van der Waals surface area contributed by atoms with Crippen LogP contribution in [0.15, 0.2) is 46.1 Å². The molecule has 9 nitrogen and oxygen atoms in total. The van der Waals surface area contributed by atoms with Gasteiger partial charge in [0.1, 0.15) is 6.04 Å². The van der Waals surface area contributed by atoms with Gasteiger partial charge in [0.05, 0.1) is 11.6 Å². The maximum absolute atomic E-state index is 12.0. The van der Waals surface area contributed by atoms with Crippen LogP contribution in [-0.2, 0) is 11.2 Å². The fourth-order valence-corrected chi connectivity index (χ4v) is 2.38. The Morgan fingerprint density at radius 1 is 1.17 bits per heavy atom. The number of carbonyl (C=O) groups is 2. The highest BCUT2D eigenvalue weighted by molar-refractivity contribution is 5.89. The van der Waals surface area contributed by atoms with Gasteiger partial charge in [0.15, 0.2) is 0 Å². The number of nitrogens with zero attached hydrogens (tertiary/aromatic N) is 1. The number of carboxylic acid groups (broad SMARTS) is 2. The van der Waals surface area contributed by atoms with Crippen molar-refractivity contribution in [3.63, 3.8) is 0 Å². The standard InChI is InChI=1S/C15H15N3O6/c16-12(14(22)23)10(18-6-5-11(19)17-15(18)24)7-8-3-1-2-4-9(8)13(20)21/h1-6,10,12H,7,16H2,(H,20,21)(H,22,23)(H,17,19,24)/t10?,12-/m0/s1. The summed E-state index contributed by atoms with van der Waals surface area (Å²) in [7, 11) is 0. The van der Waals surface area contributed by atoms with Gasteiger partial charge in [0.25, 0.3) is 5.56 Å². The van der Waals surface area contributed by atoms with E-state index in [0.29, 0.717) is 5.56 Å². The number of aromatic amines is 1. The Bertz CT molecular complexity index is 885. The van der Waals surface area contributed by atoms with E-state index in [1.54, 1.807) is 6.07 Å². The summed E-state index contributed by atoms with van der Waals surface area (Å²) < 4.78 is 0.985. The molecule has 1 unspecified atom stereocenters. The number of aromatic carboxylic acids is 1. The number of H-pyrrole nitrogens is 1. The smallest absolute Gasteiger partial charge is 0.335 e. The first-order valence-electron chi connectivity index (χ1n) is 6.92. The van der Waals surface area contributed by atoms with E-state index in [9.17, 15) is 29.4 Å². The molecule has 24 heavy (non-hydrogen) atoms. The summed E-state index contributed by atoms with van der Waals surface area (Å²) in [5.74, 6) is -2.53. The summed E-state index contributed by atoms with van der Waals surface area (Å²) >= 11 is 0. The van der Waals surface area contributed by atoms with Crippen LogP contribution in [0.3, 0.4) is 0 Å². The fraction of sp³-hybridized carbons (Fsp3) is 0.200. The molecule has 0 aliphatic rings. The van der Waals surface area contributed by atoms with Crippen LogP contribution in [0.1, 0.15) is 22.0 Å². The van der Waals surface area contributed by atoms with Gasteiger partial charge in [-0.05, 0) is 18.1 Å². The van der Waals surface area contributed by atoms with Crippen LogP contribution in [-0.4, -0.2) is 37.7 Å². The molecule has 2 atom stereocenters. The highest BCUT2D eigenvalue weighted by Gasteiger charge is 2.28. The van der Waals surface area contributed by atoms with Crippen LogP contribution >= 0.6 is 0 Å². The lowest BCUT2D eigenvalue weighted by Gasteiger charge is -2.23. The monoisotopic (exact) mass is 333 g/mol. The molecular formula is C15H15N3O6. The lowest BCUT2D eigenvalue weighted by atomic mass is 9.96. The van der Waals surface area contributed by atoms with Crippen molar-refractivity contribution in [1.29, 1.82) is 0 Å². The molecule has 9 heteroatoms. The second kappa shape index (κ2) is 6.92. The van der Waals surface area contributed by atoms with E-state index in [4.69, 9.17) is 5.73 Å². The maximum atomic E-state index is 12.0. The van der Waals surface area contributed by atoms with Crippen LogP contribution < -0.4 is 17.0 Å². The number of hydrogen-bond donors (Lipinski definition) is 4. The topological polar surface area (TPSA) is 155 Å². The molecule has 2 aromatic rings. The highest BCUT2D eigenvalue weighted by Crippen LogP contribution is 2.19. The third kappa shape index (κ3) is 3.58. The Hall–Kier alpha value is -3.20. The summed E-state index contributed by atoms with van der Waals surface area (Å²) in [6.07, 6.45) is 1.03. The molecule has 0 saturated carbocycles. The number of benzene rings is 1. The van der Waals surface area contributed by atoms with Crippen molar-refractivity contribution in [2.24, 2.45) is 5.73 Å². The zero-order chi connectivity index (χ0) is 17.9. The van der Waals surface area contributed by atoms with Gasteiger partial charge < -0.3 is 15.9 Å². The molecule has 0 aliphatic heterocycles. The van der Waals surface area contributed by atoms with Crippen molar-refractivity contribution in [2.75, 3.05) is 0 Å². The van der Waals surface area contributed by atoms with Crippen LogP contribution in [0.4, 0.5) is 0 Å². The van der Waals surface area contributed by atoms with Crippen molar-refractivity contribution in [3.8, 4) is 0 Å². The first-order valence-corrected chi connectivity index (χ1v) is 6.92. The van der Waals surface area contributed by atoms with E-state index in [-0.39, 0.29) is 12.0 Å². The van der Waals surface area contributed by atoms with Gasteiger partial charge in [-0.25, -0.2) is 9.59 Å². The van der Waals surface area contributed by atoms with Gasteiger partial charge in [0, 0.05) is 12.3 Å². The molecule has 5 N–H and O–H groups in total. The SMILES string of the molecule is N[C@H](C(=O)O)C(Cc1ccccc1C(=O)O)n1ccc(=O)[nH]c1=O. The number of aliphatic carboxylic acids is 1. The molecule has 1 heterocycles. The van der Waals surface area contributed by atoms with Crippen molar-refractivity contribution >= 4 is 11.9 Å². The summed E-state index contributed by atoms with van der Waals surface area (Å²) in [5, 5.41) is 18.4. The number of nitrogens with two attached hydrogens (primary N) is 1. The predicted molar refractivity (Wildman–Crippen MR) is 83.1 cm³/mol. The zero-order valence-corrected chi connectivity index (χ0v) is 12.4. The van der Waals surface area contributed by atoms with Crippen molar-refractivity contribution in [2.45, 2.75) is 18.5 Å². The van der Waals surface area contributed by atoms with E-state index >= 15 is 0 Å². The number of nitrogens with one attached hydrogen (secondary N) is 1. The molecule has 0 saturated heterocycles. The minimum Gasteiger partial charge on any atom is -0.480 e. The molecule has 0 bridgehead atoms. The Balaban J connectivity index is 2.53. The van der Waals surface area contributed by atoms with Crippen LogP contribution in [0.5, 0.6) is 0 Å². The van der Waals surface area contributed by atoms with E-state index in [0.717, 1.165) is 16.8 Å². The predicted octanol–water partition coefficient (Wildman–Crippen LogP) is -0.570. The Kier molecular flexibility index (Phi) is 4.95. The summed E-state index contributed by atoms with van der Waals surface area (Å²) in [5.41, 5.74) is 4.53. The van der Waals surface area contributed by atoms with Gasteiger partial charge in [0.2, 0.25) is 0 Å². The van der Waals surface area contributed by atoms with Gasteiger partial charge >= 0.3 is 17.6 Å². The summed E-state index contributed by atoms with van der Waals surface area (Å²) in [6.45, 7) is 0. The fourth-order valence-electron chi connectivity index (χ4n) is 2.38. The number of rotatable bonds is 6. The molecule has 126 valence electrons. The van der Waals surface area contributed by atoms with Gasteiger partial charge in [-0.3, -0.25) is 19.1 Å². The number of hydrogen-bond acceptors (Lipinski definition) is 5. The number of carboxylic acids is 2. The molecule has 0 spiro atoms. The van der Waals surface area contributed by atoms with Gasteiger partial charge in [-0.1, -0.05) is 18.2 Å². The first kappa shape index (κ1) is 17.2. The normalized spacial score (nSPS) is 13.2. The zero-order valence-electron chi connectivity index (χ0n) is 12.4. The van der Waals surface area contributed by atoms with Crippen molar-refractivity contribution in [3.05, 3.63) is 68.5 Å². The summed E-state index contributed by atoms with van der Waals surface area (Å²) in [4.78, 5) is 47.7. The average Bonchev–Trinajstić information content (AvgIpc) is 2.52. The first-order chi connectivity index (χ1) is 11.3. The lowest BCUT2D eigenvalue weighted by molar-refractivity contribution is -0.139. The maximum Gasteiger partial charge on any atom is 0.335 e. The van der Waals surface area contributed by atoms with E-state index < -0.39 is 35.3 Å². The number of aromatic nitrogens is 2. The molecule has 2 rings (SSSR count). The van der Waals surface area contributed by atoms with Gasteiger partial charge in [-0.2, -0.15) is 0 Å². The average molecular weight is 333 g/mol. The minimum atomic E-state index is -1.48. The van der Waals surface area contributed by atoms with E-state index in [1.165, 1.54) is 18.2 Å². The Labute approximate surface area is 135 Å². The van der Waals surface area contributed by atoms with Crippen molar-refractivity contribution in [1.82, 2.24) is 9.55 Å². The largest absolute Gasteiger partial charge is 0.480 e.